The molecule has 20 heavy (non-hydrogen) atoms. The van der Waals surface area contributed by atoms with Crippen molar-refractivity contribution in [2.45, 2.75) is 56.9 Å². The van der Waals surface area contributed by atoms with Gasteiger partial charge in [-0.3, -0.25) is 0 Å². The van der Waals surface area contributed by atoms with Gasteiger partial charge in [0.15, 0.2) is 0 Å². The van der Waals surface area contributed by atoms with Gasteiger partial charge in [-0.1, -0.05) is 12.8 Å². The van der Waals surface area contributed by atoms with Crippen LogP contribution in [0.25, 0.3) is 0 Å². The molecule has 3 fully saturated rings. The lowest BCUT2D eigenvalue weighted by atomic mass is 9.86. The fraction of sp³-hybridized carbons (Fsp3) is 1.00. The number of nitrogens with zero attached hydrogens (tertiary/aromatic N) is 1. The Bertz CT molecular complexity index is 335. The predicted octanol–water partition coefficient (Wildman–Crippen LogP) is 2.23. The topological polar surface area (TPSA) is 49.5 Å². The van der Waals surface area contributed by atoms with E-state index in [9.17, 15) is 5.11 Å². The van der Waals surface area contributed by atoms with Gasteiger partial charge in [0.25, 0.3) is 0 Å². The first kappa shape index (κ1) is 14.8. The van der Waals surface area contributed by atoms with E-state index in [1.807, 2.05) is 0 Å². The summed E-state index contributed by atoms with van der Waals surface area (Å²) in [6.45, 7) is 2.59. The molecule has 5 unspecified atom stereocenters. The maximum Gasteiger partial charge on any atom is 0.0613 e. The van der Waals surface area contributed by atoms with Gasteiger partial charge in [-0.05, 0) is 75.8 Å². The third kappa shape index (κ3) is 2.90. The zero-order chi connectivity index (χ0) is 14.2. The zero-order valence-electron chi connectivity index (χ0n) is 13.1. The summed E-state index contributed by atoms with van der Waals surface area (Å²) < 4.78 is 0. The Morgan fingerprint density at radius 1 is 1.25 bits per heavy atom. The van der Waals surface area contributed by atoms with Crippen molar-refractivity contribution in [3.8, 4) is 0 Å². The van der Waals surface area contributed by atoms with Crippen molar-refractivity contribution >= 4 is 0 Å². The van der Waals surface area contributed by atoms with Gasteiger partial charge in [0.1, 0.15) is 0 Å². The smallest absolute Gasteiger partial charge is 0.0613 e. The van der Waals surface area contributed by atoms with E-state index in [0.29, 0.717) is 5.92 Å². The minimum Gasteiger partial charge on any atom is -0.394 e. The number of fused-ring (bicyclic) bond motifs is 2. The molecule has 0 saturated heterocycles. The summed E-state index contributed by atoms with van der Waals surface area (Å²) in [4.78, 5) is 2.53. The molecule has 3 N–H and O–H groups in total. The average Bonchev–Trinajstić information content (AvgIpc) is 3.12. The molecule has 5 atom stereocenters. The highest BCUT2D eigenvalue weighted by Crippen LogP contribution is 2.48. The molecule has 3 nitrogen and oxygen atoms in total. The molecule has 0 amide bonds. The van der Waals surface area contributed by atoms with Crippen LogP contribution in [0.1, 0.15) is 51.4 Å². The van der Waals surface area contributed by atoms with Crippen molar-refractivity contribution in [3.63, 3.8) is 0 Å². The van der Waals surface area contributed by atoms with Gasteiger partial charge in [0.2, 0.25) is 0 Å². The molecular formula is C17H32N2O. The second kappa shape index (κ2) is 5.94. The van der Waals surface area contributed by atoms with E-state index in [1.54, 1.807) is 0 Å². The lowest BCUT2D eigenvalue weighted by molar-refractivity contribution is 0.141. The van der Waals surface area contributed by atoms with Gasteiger partial charge in [-0.25, -0.2) is 0 Å². The number of hydrogen-bond acceptors (Lipinski definition) is 3. The Balaban J connectivity index is 1.42. The van der Waals surface area contributed by atoms with Gasteiger partial charge in [-0.2, -0.15) is 0 Å². The molecule has 3 aliphatic rings. The Labute approximate surface area is 123 Å². The molecule has 0 aliphatic heterocycles. The molecule has 0 aromatic heterocycles. The van der Waals surface area contributed by atoms with E-state index < -0.39 is 0 Å². The summed E-state index contributed by atoms with van der Waals surface area (Å²) in [7, 11) is 2.28. The molecule has 3 heteroatoms. The van der Waals surface area contributed by atoms with Crippen molar-refractivity contribution in [3.05, 3.63) is 0 Å². The van der Waals surface area contributed by atoms with Gasteiger partial charge in [-0.15, -0.1) is 0 Å². The van der Waals surface area contributed by atoms with Crippen LogP contribution in [0, 0.1) is 23.7 Å². The van der Waals surface area contributed by atoms with Crippen molar-refractivity contribution in [2.24, 2.45) is 29.4 Å². The van der Waals surface area contributed by atoms with Crippen molar-refractivity contribution < 1.29 is 5.11 Å². The Kier molecular flexibility index (Phi) is 4.40. The first-order chi connectivity index (χ1) is 9.60. The van der Waals surface area contributed by atoms with Crippen LogP contribution in [-0.2, 0) is 0 Å². The summed E-state index contributed by atoms with van der Waals surface area (Å²) in [6, 6.07) is 0. The molecular weight excluding hydrogens is 248 g/mol. The van der Waals surface area contributed by atoms with Gasteiger partial charge >= 0.3 is 0 Å². The van der Waals surface area contributed by atoms with E-state index in [2.05, 4.69) is 11.9 Å². The average molecular weight is 280 g/mol. The normalized spacial score (nSPS) is 43.8. The summed E-state index contributed by atoms with van der Waals surface area (Å²) >= 11 is 0. The van der Waals surface area contributed by atoms with E-state index in [-0.39, 0.29) is 12.1 Å². The van der Waals surface area contributed by atoms with Crippen molar-refractivity contribution in [2.75, 3.05) is 26.7 Å². The molecule has 116 valence electrons. The van der Waals surface area contributed by atoms with E-state index >= 15 is 0 Å². The molecule has 3 rings (SSSR count). The molecule has 3 saturated carbocycles. The van der Waals surface area contributed by atoms with Crippen molar-refractivity contribution in [1.29, 1.82) is 0 Å². The second-order valence-electron chi connectivity index (χ2n) is 7.97. The minimum absolute atomic E-state index is 0.160. The van der Waals surface area contributed by atoms with Crippen LogP contribution in [0.15, 0.2) is 0 Å². The van der Waals surface area contributed by atoms with Gasteiger partial charge in [0.05, 0.1) is 6.61 Å². The maximum atomic E-state index is 9.52. The first-order valence-electron chi connectivity index (χ1n) is 8.69. The SMILES string of the molecule is CN(CCC1CCCC1(N)CO)CC1CC2CCC1C2. The lowest BCUT2D eigenvalue weighted by Gasteiger charge is -2.32. The number of nitrogens with two attached hydrogens (primary N) is 1. The summed E-state index contributed by atoms with van der Waals surface area (Å²) in [5.41, 5.74) is 6.05. The predicted molar refractivity (Wildman–Crippen MR) is 82.4 cm³/mol. The highest BCUT2D eigenvalue weighted by molar-refractivity contribution is 4.96. The van der Waals surface area contributed by atoms with Crippen LogP contribution in [0.2, 0.25) is 0 Å². The first-order valence-corrected chi connectivity index (χ1v) is 8.69. The van der Waals surface area contributed by atoms with Crippen LogP contribution in [0.5, 0.6) is 0 Å². The van der Waals surface area contributed by atoms with Crippen LogP contribution in [-0.4, -0.2) is 42.3 Å². The quantitative estimate of drug-likeness (QED) is 0.784. The third-order valence-electron chi connectivity index (χ3n) is 6.59. The molecule has 0 spiro atoms. The number of aliphatic hydroxyl groups is 1. The van der Waals surface area contributed by atoms with Crippen LogP contribution in [0.3, 0.4) is 0 Å². The highest BCUT2D eigenvalue weighted by atomic mass is 16.3. The standard InChI is InChI=1S/C17H32N2O/c1-19(11-15-10-13-4-5-14(15)9-13)8-6-16-3-2-7-17(16,18)12-20/h13-16,20H,2-12,18H2,1H3. The molecule has 2 bridgehead atoms. The van der Waals surface area contributed by atoms with Crippen LogP contribution < -0.4 is 5.73 Å². The summed E-state index contributed by atoms with van der Waals surface area (Å²) in [6.07, 6.45) is 10.5. The van der Waals surface area contributed by atoms with E-state index in [0.717, 1.165) is 37.1 Å². The van der Waals surface area contributed by atoms with Gasteiger partial charge < -0.3 is 15.7 Å². The lowest BCUT2D eigenvalue weighted by Crippen LogP contribution is -2.47. The maximum absolute atomic E-state index is 9.52. The molecule has 3 aliphatic carbocycles. The Morgan fingerprint density at radius 2 is 2.10 bits per heavy atom. The Morgan fingerprint density at radius 3 is 2.75 bits per heavy atom. The van der Waals surface area contributed by atoms with Gasteiger partial charge in [0, 0.05) is 12.1 Å². The molecule has 0 aromatic carbocycles. The summed E-state index contributed by atoms with van der Waals surface area (Å²) in [5, 5.41) is 9.52. The fourth-order valence-electron chi connectivity index (χ4n) is 5.28. The monoisotopic (exact) mass is 280 g/mol. The zero-order valence-corrected chi connectivity index (χ0v) is 13.1. The minimum atomic E-state index is -0.284. The second-order valence-corrected chi connectivity index (χ2v) is 7.97. The molecule has 0 radical (unpaired) electrons. The van der Waals surface area contributed by atoms with Crippen molar-refractivity contribution in [1.82, 2.24) is 4.90 Å². The van der Waals surface area contributed by atoms with E-state index in [4.69, 9.17) is 5.73 Å². The highest BCUT2D eigenvalue weighted by Gasteiger charge is 2.40. The summed E-state index contributed by atoms with van der Waals surface area (Å²) in [5.74, 6) is 3.57. The molecule has 0 aromatic rings. The molecule has 0 heterocycles. The number of rotatable bonds is 6. The largest absolute Gasteiger partial charge is 0.394 e. The fourth-order valence-corrected chi connectivity index (χ4v) is 5.28. The van der Waals surface area contributed by atoms with E-state index in [1.165, 1.54) is 45.1 Å². The van der Waals surface area contributed by atoms with Crippen LogP contribution in [0.4, 0.5) is 0 Å². The number of aliphatic hydroxyl groups excluding tert-OH is 1. The number of hydrogen-bond donors (Lipinski definition) is 2. The Hall–Kier alpha value is -0.120. The third-order valence-corrected chi connectivity index (χ3v) is 6.59. The van der Waals surface area contributed by atoms with Crippen LogP contribution >= 0.6 is 0 Å².